The molecule has 34 heavy (non-hydrogen) atoms. The highest BCUT2D eigenvalue weighted by Gasteiger charge is 2.50. The Morgan fingerprint density at radius 2 is 1.59 bits per heavy atom. The van der Waals surface area contributed by atoms with Gasteiger partial charge in [0.25, 0.3) is 0 Å². The van der Waals surface area contributed by atoms with Crippen LogP contribution in [0, 0.1) is 11.8 Å². The van der Waals surface area contributed by atoms with Crippen molar-refractivity contribution in [3.05, 3.63) is 47.4 Å². The second-order valence-corrected chi connectivity index (χ2v) is 11.3. The molecule has 0 N–H and O–H groups in total. The minimum Gasteiger partial charge on any atom is -0.462 e. The Morgan fingerprint density at radius 1 is 1.03 bits per heavy atom. The minimum atomic E-state index is -0.610. The molecule has 0 radical (unpaired) electrons. The monoisotopic (exact) mass is 472 g/mol. The van der Waals surface area contributed by atoms with E-state index >= 15 is 0 Å². The van der Waals surface area contributed by atoms with Crippen LogP contribution >= 0.6 is 0 Å². The Hall–Kier alpha value is -2.12. The van der Waals surface area contributed by atoms with Gasteiger partial charge < -0.3 is 18.8 Å². The van der Waals surface area contributed by atoms with Crippen molar-refractivity contribution in [3.8, 4) is 0 Å². The molecule has 0 saturated carbocycles. The summed E-state index contributed by atoms with van der Waals surface area (Å²) in [6.45, 7) is 17.8. The summed E-state index contributed by atoms with van der Waals surface area (Å²) in [5.41, 5.74) is -0.328. The van der Waals surface area contributed by atoms with Crippen molar-refractivity contribution in [2.24, 2.45) is 11.8 Å². The first-order valence-corrected chi connectivity index (χ1v) is 12.1. The molecule has 188 valence electrons. The number of esters is 2. The van der Waals surface area contributed by atoms with Gasteiger partial charge in [0.05, 0.1) is 29.3 Å². The van der Waals surface area contributed by atoms with E-state index in [1.165, 1.54) is 0 Å². The van der Waals surface area contributed by atoms with E-state index in [0.717, 1.165) is 5.57 Å². The van der Waals surface area contributed by atoms with Crippen molar-refractivity contribution in [3.63, 3.8) is 0 Å². The number of carbonyl (C=O) groups excluding carboxylic acids is 2. The molecule has 0 aliphatic carbocycles. The predicted octanol–water partition coefficient (Wildman–Crippen LogP) is 5.80. The molecule has 6 nitrogen and oxygen atoms in total. The molecule has 1 atom stereocenters. The van der Waals surface area contributed by atoms with Crippen LogP contribution in [0.4, 0.5) is 0 Å². The summed E-state index contributed by atoms with van der Waals surface area (Å²) < 4.78 is 23.6. The minimum absolute atomic E-state index is 0.135. The summed E-state index contributed by atoms with van der Waals surface area (Å²) >= 11 is 0. The van der Waals surface area contributed by atoms with Gasteiger partial charge in [-0.25, -0.2) is 4.79 Å². The second kappa shape index (κ2) is 11.1. The smallest absolute Gasteiger partial charge is 0.462 e. The number of hydrogen-bond donors (Lipinski definition) is 0. The quantitative estimate of drug-likeness (QED) is 0.334. The van der Waals surface area contributed by atoms with Crippen molar-refractivity contribution >= 4 is 19.1 Å². The zero-order valence-corrected chi connectivity index (χ0v) is 22.3. The molecule has 1 fully saturated rings. The maximum Gasteiger partial charge on any atom is 0.487 e. The van der Waals surface area contributed by atoms with Gasteiger partial charge in [0.1, 0.15) is 5.60 Å². The average molecular weight is 472 g/mol. The third kappa shape index (κ3) is 7.98. The Kier molecular flexibility index (Phi) is 9.17. The molecule has 0 spiro atoms. The lowest BCUT2D eigenvalue weighted by atomic mass is 9.79. The zero-order valence-electron chi connectivity index (χ0n) is 22.3. The van der Waals surface area contributed by atoms with Gasteiger partial charge >= 0.3 is 19.1 Å². The van der Waals surface area contributed by atoms with E-state index in [0.29, 0.717) is 18.4 Å². The van der Waals surface area contributed by atoms with Gasteiger partial charge in [-0.3, -0.25) is 4.79 Å². The molecular weight excluding hydrogens is 431 g/mol. The Balaban J connectivity index is 2.28. The van der Waals surface area contributed by atoms with E-state index in [-0.39, 0.29) is 18.5 Å². The van der Waals surface area contributed by atoms with Crippen LogP contribution in [-0.2, 0) is 23.6 Å². The fourth-order valence-electron chi connectivity index (χ4n) is 3.67. The average Bonchev–Trinajstić information content (AvgIpc) is 2.90. The highest BCUT2D eigenvalue weighted by atomic mass is 16.7. The summed E-state index contributed by atoms with van der Waals surface area (Å²) in [6.07, 6.45) is 0.978. The van der Waals surface area contributed by atoms with E-state index in [1.54, 1.807) is 24.3 Å². The normalized spacial score (nSPS) is 18.6. The molecule has 1 aromatic rings. The molecule has 1 aromatic carbocycles. The number of benzene rings is 1. The molecule has 2 rings (SSSR count). The fraction of sp³-hybridized carbons (Fsp3) is 0.630. The van der Waals surface area contributed by atoms with Gasteiger partial charge in [0.15, 0.2) is 0 Å². The van der Waals surface area contributed by atoms with Crippen LogP contribution in [0.15, 0.2) is 41.9 Å². The van der Waals surface area contributed by atoms with Crippen LogP contribution in [0.3, 0.4) is 0 Å². The maximum atomic E-state index is 13.2. The summed E-state index contributed by atoms with van der Waals surface area (Å²) in [4.78, 5) is 25.7. The maximum absolute atomic E-state index is 13.2. The van der Waals surface area contributed by atoms with Crippen molar-refractivity contribution in [2.75, 3.05) is 6.61 Å². The van der Waals surface area contributed by atoms with Gasteiger partial charge in [-0.15, -0.1) is 0 Å². The van der Waals surface area contributed by atoms with E-state index in [4.69, 9.17) is 18.8 Å². The first kappa shape index (κ1) is 28.1. The molecule has 0 unspecified atom stereocenters. The predicted molar refractivity (Wildman–Crippen MR) is 134 cm³/mol. The van der Waals surface area contributed by atoms with Crippen LogP contribution < -0.4 is 0 Å². The molecule has 1 aliphatic heterocycles. The molecule has 0 aromatic heterocycles. The number of hydrogen-bond acceptors (Lipinski definition) is 6. The lowest BCUT2D eigenvalue weighted by molar-refractivity contribution is -0.159. The topological polar surface area (TPSA) is 71.1 Å². The highest BCUT2D eigenvalue weighted by Crippen LogP contribution is 2.38. The molecule has 0 amide bonds. The van der Waals surface area contributed by atoms with Gasteiger partial charge in [-0.1, -0.05) is 43.6 Å². The SMILES string of the molecule is CC(C)C[C@H](C(=O)OC(C)(C)C)/C(=C/B1OC(C)(C)C(C)(C)O1)CCOC(=O)c1ccccc1. The van der Waals surface area contributed by atoms with Gasteiger partial charge in [-0.2, -0.15) is 0 Å². The zero-order chi connectivity index (χ0) is 25.7. The van der Waals surface area contributed by atoms with Gasteiger partial charge in [0, 0.05) is 6.42 Å². The first-order valence-electron chi connectivity index (χ1n) is 12.1. The first-order chi connectivity index (χ1) is 15.6. The number of carbonyl (C=O) groups is 2. The lowest BCUT2D eigenvalue weighted by Gasteiger charge is -2.32. The summed E-state index contributed by atoms with van der Waals surface area (Å²) in [5, 5.41) is 0. The van der Waals surface area contributed by atoms with E-state index in [1.807, 2.05) is 60.5 Å². The third-order valence-corrected chi connectivity index (χ3v) is 6.10. The highest BCUT2D eigenvalue weighted by molar-refractivity contribution is 6.51. The van der Waals surface area contributed by atoms with Crippen molar-refractivity contribution < 1.29 is 28.4 Å². The second-order valence-electron chi connectivity index (χ2n) is 11.3. The van der Waals surface area contributed by atoms with Crippen molar-refractivity contribution in [1.29, 1.82) is 0 Å². The molecule has 0 bridgehead atoms. The molecule has 1 heterocycles. The Labute approximate surface area is 205 Å². The Morgan fingerprint density at radius 3 is 2.09 bits per heavy atom. The van der Waals surface area contributed by atoms with E-state index in [9.17, 15) is 9.59 Å². The Bertz CT molecular complexity index is 851. The molecule has 1 saturated heterocycles. The van der Waals surface area contributed by atoms with E-state index in [2.05, 4.69) is 13.8 Å². The summed E-state index contributed by atoms with van der Waals surface area (Å²) in [7, 11) is -0.609. The van der Waals surface area contributed by atoms with Gasteiger partial charge in [-0.05, 0) is 72.9 Å². The van der Waals surface area contributed by atoms with Crippen molar-refractivity contribution in [2.45, 2.75) is 92.0 Å². The fourth-order valence-corrected chi connectivity index (χ4v) is 3.67. The molecular formula is C27H41BO6. The van der Waals surface area contributed by atoms with Crippen LogP contribution in [0.5, 0.6) is 0 Å². The van der Waals surface area contributed by atoms with Crippen molar-refractivity contribution in [1.82, 2.24) is 0 Å². The van der Waals surface area contributed by atoms with Crippen LogP contribution in [0.25, 0.3) is 0 Å². The number of rotatable bonds is 9. The summed E-state index contributed by atoms with van der Waals surface area (Å²) in [5.74, 6) is 0.940. The molecule has 1 aliphatic rings. The third-order valence-electron chi connectivity index (χ3n) is 6.10. The standard InChI is InChI=1S/C27H41BO6/c1-19(2)17-22(24(30)32-25(3,4)5)21(18-28-33-26(6,7)27(8,9)34-28)15-16-31-23(29)20-13-11-10-12-14-20/h10-14,18-19,22H,15-17H2,1-9H3/b21-18+/t22-/m0/s1. The van der Waals surface area contributed by atoms with Crippen LogP contribution in [0.1, 0.15) is 85.5 Å². The number of ether oxygens (including phenoxy) is 2. The largest absolute Gasteiger partial charge is 0.487 e. The summed E-state index contributed by atoms with van der Waals surface area (Å²) in [6, 6.07) is 8.86. The van der Waals surface area contributed by atoms with E-state index < -0.39 is 35.8 Å². The lowest BCUT2D eigenvalue weighted by Crippen LogP contribution is -2.41. The van der Waals surface area contributed by atoms with Crippen LogP contribution in [0.2, 0.25) is 0 Å². The van der Waals surface area contributed by atoms with Crippen LogP contribution in [-0.4, -0.2) is 42.5 Å². The van der Waals surface area contributed by atoms with Gasteiger partial charge in [0.2, 0.25) is 0 Å². The molecule has 7 heteroatoms.